The summed E-state index contributed by atoms with van der Waals surface area (Å²) in [4.78, 5) is 13.8. The Bertz CT molecular complexity index is 304. The van der Waals surface area contributed by atoms with Gasteiger partial charge in [0.1, 0.15) is 0 Å². The number of likely N-dealkylation sites (tertiary alicyclic amines) is 1. The first-order valence-corrected chi connectivity index (χ1v) is 10.8. The van der Waals surface area contributed by atoms with Crippen molar-refractivity contribution in [2.75, 3.05) is 26.2 Å². The van der Waals surface area contributed by atoms with E-state index in [2.05, 4.69) is 25.0 Å². The third kappa shape index (κ3) is 3.72. The number of fused-ring (bicyclic) bond motifs is 1. The van der Waals surface area contributed by atoms with Gasteiger partial charge in [-0.1, -0.05) is 19.6 Å². The molecular weight excluding hydrogens is 244 g/mol. The van der Waals surface area contributed by atoms with Gasteiger partial charge in [0.05, 0.1) is 6.61 Å². The van der Waals surface area contributed by atoms with Crippen LogP contribution in [0.4, 0.5) is 4.79 Å². The quantitative estimate of drug-likeness (QED) is 0.799. The van der Waals surface area contributed by atoms with Crippen LogP contribution in [0.15, 0.2) is 0 Å². The maximum atomic E-state index is 12.0. The van der Waals surface area contributed by atoms with Crippen LogP contribution in [0, 0.1) is 5.92 Å². The lowest BCUT2D eigenvalue weighted by Gasteiger charge is -2.34. The number of hydrogen-bond donors (Lipinski definition) is 1. The van der Waals surface area contributed by atoms with Crippen molar-refractivity contribution >= 4 is 14.2 Å². The van der Waals surface area contributed by atoms with Gasteiger partial charge in [0.25, 0.3) is 0 Å². The highest BCUT2D eigenvalue weighted by molar-refractivity contribution is 6.76. The molecule has 0 aliphatic carbocycles. The molecule has 5 heteroatoms. The molecule has 2 heterocycles. The molecule has 2 rings (SSSR count). The van der Waals surface area contributed by atoms with Gasteiger partial charge in [0.15, 0.2) is 0 Å². The molecule has 4 nitrogen and oxygen atoms in total. The van der Waals surface area contributed by atoms with Crippen LogP contribution in [0.5, 0.6) is 0 Å². The monoisotopic (exact) mass is 270 g/mol. The Hall–Kier alpha value is -0.553. The summed E-state index contributed by atoms with van der Waals surface area (Å²) in [6.07, 6.45) is 2.28. The number of piperidine rings is 1. The molecule has 0 radical (unpaired) electrons. The molecule has 18 heavy (non-hydrogen) atoms. The molecule has 104 valence electrons. The number of nitrogens with zero attached hydrogens (tertiary/aromatic N) is 1. The predicted octanol–water partition coefficient (Wildman–Crippen LogP) is 2.14. The summed E-state index contributed by atoms with van der Waals surface area (Å²) < 4.78 is 5.40. The molecule has 1 amide bonds. The van der Waals surface area contributed by atoms with Gasteiger partial charge in [0.2, 0.25) is 0 Å². The Morgan fingerprint density at radius 3 is 2.89 bits per heavy atom. The van der Waals surface area contributed by atoms with E-state index < -0.39 is 8.07 Å². The van der Waals surface area contributed by atoms with Crippen molar-refractivity contribution in [2.45, 2.75) is 44.6 Å². The first-order chi connectivity index (χ1) is 8.46. The summed E-state index contributed by atoms with van der Waals surface area (Å²) in [5.74, 6) is 0.774. The topological polar surface area (TPSA) is 41.6 Å². The molecule has 2 aliphatic rings. The lowest BCUT2D eigenvalue weighted by molar-refractivity contribution is 0.0870. The molecule has 0 aromatic rings. The highest BCUT2D eigenvalue weighted by Crippen LogP contribution is 2.25. The number of nitrogens with one attached hydrogen (secondary N) is 1. The summed E-state index contributed by atoms with van der Waals surface area (Å²) in [6, 6.07) is 1.56. The summed E-state index contributed by atoms with van der Waals surface area (Å²) in [5.41, 5.74) is 0. The molecule has 0 unspecified atom stereocenters. The van der Waals surface area contributed by atoms with Crippen molar-refractivity contribution in [3.05, 3.63) is 0 Å². The first-order valence-electron chi connectivity index (χ1n) is 7.11. The maximum Gasteiger partial charge on any atom is 0.409 e. The zero-order valence-corrected chi connectivity index (χ0v) is 12.9. The zero-order valence-electron chi connectivity index (χ0n) is 11.9. The van der Waals surface area contributed by atoms with Gasteiger partial charge in [-0.15, -0.1) is 0 Å². The average Bonchev–Trinajstić information content (AvgIpc) is 2.73. The van der Waals surface area contributed by atoms with E-state index in [1.54, 1.807) is 0 Å². The van der Waals surface area contributed by atoms with Crippen molar-refractivity contribution in [3.63, 3.8) is 0 Å². The van der Waals surface area contributed by atoms with E-state index in [1.807, 2.05) is 4.90 Å². The normalized spacial score (nSPS) is 28.1. The summed E-state index contributed by atoms with van der Waals surface area (Å²) >= 11 is 0. The predicted molar refractivity (Wildman–Crippen MR) is 75.6 cm³/mol. The number of carbonyl (C=O) groups is 1. The Morgan fingerprint density at radius 1 is 1.39 bits per heavy atom. The number of ether oxygens (including phenoxy) is 1. The van der Waals surface area contributed by atoms with Crippen molar-refractivity contribution in [1.82, 2.24) is 10.2 Å². The zero-order chi connectivity index (χ0) is 13.2. The van der Waals surface area contributed by atoms with Gasteiger partial charge >= 0.3 is 6.09 Å². The maximum absolute atomic E-state index is 12.0. The van der Waals surface area contributed by atoms with E-state index in [0.717, 1.165) is 38.0 Å². The highest BCUT2D eigenvalue weighted by Gasteiger charge is 2.34. The Balaban J connectivity index is 1.73. The number of hydrogen-bond acceptors (Lipinski definition) is 3. The van der Waals surface area contributed by atoms with Gasteiger partial charge in [-0.05, 0) is 31.3 Å². The molecule has 0 spiro atoms. The Kier molecular flexibility index (Phi) is 4.32. The van der Waals surface area contributed by atoms with Gasteiger partial charge < -0.3 is 15.0 Å². The molecule has 2 saturated heterocycles. The summed E-state index contributed by atoms with van der Waals surface area (Å²) in [5, 5.41) is 3.48. The minimum atomic E-state index is -1.10. The van der Waals surface area contributed by atoms with Crippen LogP contribution in [0.2, 0.25) is 25.7 Å². The average molecular weight is 270 g/mol. The fourth-order valence-corrected chi connectivity index (χ4v) is 3.45. The minimum Gasteiger partial charge on any atom is -0.450 e. The van der Waals surface area contributed by atoms with E-state index >= 15 is 0 Å². The van der Waals surface area contributed by atoms with E-state index in [4.69, 9.17) is 4.74 Å². The van der Waals surface area contributed by atoms with E-state index in [9.17, 15) is 4.79 Å². The Morgan fingerprint density at radius 2 is 2.17 bits per heavy atom. The van der Waals surface area contributed by atoms with E-state index in [0.29, 0.717) is 12.6 Å². The van der Waals surface area contributed by atoms with Gasteiger partial charge in [-0.3, -0.25) is 0 Å². The highest BCUT2D eigenvalue weighted by atomic mass is 28.3. The molecular formula is C13H26N2O2Si. The van der Waals surface area contributed by atoms with Crippen LogP contribution >= 0.6 is 0 Å². The molecule has 1 N–H and O–H groups in total. The molecule has 2 fully saturated rings. The van der Waals surface area contributed by atoms with E-state index in [-0.39, 0.29) is 6.09 Å². The standard InChI is InChI=1S/C13H26N2O2Si/c1-18(2,3)9-8-17-13(16)15-7-5-11-4-6-14-12(11)10-15/h11-12,14H,4-10H2,1-3H3/t11-,12+/m0/s1. The van der Waals surface area contributed by atoms with Crippen molar-refractivity contribution < 1.29 is 9.53 Å². The fourth-order valence-electron chi connectivity index (χ4n) is 2.73. The molecule has 2 aliphatic heterocycles. The second-order valence-corrected chi connectivity index (χ2v) is 12.4. The lowest BCUT2D eigenvalue weighted by atomic mass is 9.93. The number of carbonyl (C=O) groups excluding carboxylic acids is 1. The van der Waals surface area contributed by atoms with E-state index in [1.165, 1.54) is 6.42 Å². The van der Waals surface area contributed by atoms with Crippen LogP contribution in [0.25, 0.3) is 0 Å². The lowest BCUT2D eigenvalue weighted by Crippen LogP contribution is -2.49. The largest absolute Gasteiger partial charge is 0.450 e. The molecule has 0 aromatic heterocycles. The third-order valence-corrected chi connectivity index (χ3v) is 5.72. The smallest absolute Gasteiger partial charge is 0.409 e. The van der Waals surface area contributed by atoms with Crippen LogP contribution in [-0.4, -0.2) is 51.4 Å². The second kappa shape index (κ2) is 5.61. The van der Waals surface area contributed by atoms with Gasteiger partial charge in [-0.25, -0.2) is 4.79 Å². The van der Waals surface area contributed by atoms with Crippen molar-refractivity contribution in [2.24, 2.45) is 5.92 Å². The Labute approximate surface area is 111 Å². The third-order valence-electron chi connectivity index (χ3n) is 4.01. The minimum absolute atomic E-state index is 0.111. The second-order valence-electron chi connectivity index (χ2n) is 6.77. The van der Waals surface area contributed by atoms with Crippen molar-refractivity contribution in [1.29, 1.82) is 0 Å². The van der Waals surface area contributed by atoms with Gasteiger partial charge in [0, 0.05) is 27.2 Å². The number of rotatable bonds is 3. The fraction of sp³-hybridized carbons (Fsp3) is 0.923. The molecule has 0 bridgehead atoms. The van der Waals surface area contributed by atoms with Crippen LogP contribution < -0.4 is 5.32 Å². The first kappa shape index (κ1) is 13.9. The van der Waals surface area contributed by atoms with Crippen LogP contribution in [0.1, 0.15) is 12.8 Å². The molecule has 2 atom stereocenters. The summed E-state index contributed by atoms with van der Waals surface area (Å²) in [6.45, 7) is 10.3. The summed E-state index contributed by atoms with van der Waals surface area (Å²) in [7, 11) is -1.10. The van der Waals surface area contributed by atoms with Crippen LogP contribution in [0.3, 0.4) is 0 Å². The van der Waals surface area contributed by atoms with Crippen molar-refractivity contribution in [3.8, 4) is 0 Å². The SMILES string of the molecule is C[Si](C)(C)CCOC(=O)N1CC[C@@H]2CCN[C@@H]2C1. The van der Waals surface area contributed by atoms with Gasteiger partial charge in [-0.2, -0.15) is 0 Å². The number of amides is 1. The van der Waals surface area contributed by atoms with Crippen LogP contribution in [-0.2, 0) is 4.74 Å². The molecule has 0 aromatic carbocycles. The molecule has 0 saturated carbocycles.